The van der Waals surface area contributed by atoms with Crippen LogP contribution < -0.4 is 15.5 Å². The van der Waals surface area contributed by atoms with E-state index in [1.54, 1.807) is 24.4 Å². The lowest BCUT2D eigenvalue weighted by molar-refractivity contribution is 0.246. The average Bonchev–Trinajstić information content (AvgIpc) is 3.29. The number of hydrogen-bond donors (Lipinski definition) is 3. The Balaban J connectivity index is 1.30. The molecule has 0 amide bonds. The zero-order valence-electron chi connectivity index (χ0n) is 14.2. The van der Waals surface area contributed by atoms with Gasteiger partial charge in [0.1, 0.15) is 0 Å². The Labute approximate surface area is 153 Å². The number of aromatic hydroxyl groups is 1. The van der Waals surface area contributed by atoms with Crippen molar-refractivity contribution in [2.75, 3.05) is 7.11 Å². The van der Waals surface area contributed by atoms with Gasteiger partial charge in [-0.1, -0.05) is 12.2 Å². The largest absolute Gasteiger partial charge is 0.504 e. The van der Waals surface area contributed by atoms with Gasteiger partial charge >= 0.3 is 0 Å². The van der Waals surface area contributed by atoms with Gasteiger partial charge in [0.05, 0.1) is 13.3 Å². The first-order chi connectivity index (χ1) is 12.2. The molecule has 3 aliphatic rings. The van der Waals surface area contributed by atoms with E-state index in [2.05, 4.69) is 28.0 Å². The van der Waals surface area contributed by atoms with Gasteiger partial charge in [-0.15, -0.1) is 0 Å². The Morgan fingerprint density at radius 1 is 1.36 bits per heavy atom. The zero-order valence-corrected chi connectivity index (χ0v) is 15.0. The third kappa shape index (κ3) is 3.11. The van der Waals surface area contributed by atoms with Crippen LogP contribution in [-0.2, 0) is 0 Å². The number of nitrogens with zero attached hydrogens (tertiary/aromatic N) is 1. The van der Waals surface area contributed by atoms with E-state index in [1.807, 2.05) is 0 Å². The van der Waals surface area contributed by atoms with Crippen LogP contribution in [0, 0.1) is 23.7 Å². The molecule has 3 N–H and O–H groups in total. The fourth-order valence-corrected chi connectivity index (χ4v) is 5.06. The molecule has 1 aromatic carbocycles. The molecule has 3 aliphatic carbocycles. The molecule has 2 bridgehead atoms. The van der Waals surface area contributed by atoms with E-state index < -0.39 is 0 Å². The fourth-order valence-electron chi connectivity index (χ4n) is 4.85. The average molecular weight is 357 g/mol. The minimum absolute atomic E-state index is 0.111. The number of hydrogen-bond acceptors (Lipinski definition) is 4. The topological polar surface area (TPSA) is 65.9 Å². The summed E-state index contributed by atoms with van der Waals surface area (Å²) in [6.45, 7) is 0. The smallest absolute Gasteiger partial charge is 0.187 e. The standard InChI is InChI=1S/C19H23N3O2S/c1-24-18-7-11(5-6-17(18)23)10-20-22-19(25)21-16-9-12-8-15(16)14-4-2-3-13(12)14/h2,4-7,10,12-16,23H,3,8-9H2,1H3,(H2,21,22,25)/b20-10+/t12-,13+,14-,15-,16-/m0/s1. The molecule has 0 radical (unpaired) electrons. The molecular weight excluding hydrogens is 334 g/mol. The van der Waals surface area contributed by atoms with Crippen molar-refractivity contribution in [2.45, 2.75) is 25.3 Å². The maximum atomic E-state index is 9.60. The van der Waals surface area contributed by atoms with Crippen molar-refractivity contribution in [2.24, 2.45) is 28.8 Å². The maximum absolute atomic E-state index is 9.60. The normalized spacial score (nSPS) is 32.1. The highest BCUT2D eigenvalue weighted by molar-refractivity contribution is 7.80. The van der Waals surface area contributed by atoms with E-state index in [9.17, 15) is 5.11 Å². The molecule has 2 fully saturated rings. The molecule has 5 nitrogen and oxygen atoms in total. The predicted octanol–water partition coefficient (Wildman–Crippen LogP) is 2.80. The number of nitrogens with one attached hydrogen (secondary N) is 2. The van der Waals surface area contributed by atoms with Gasteiger partial charge in [0.2, 0.25) is 0 Å². The van der Waals surface area contributed by atoms with Gasteiger partial charge in [-0.25, -0.2) is 0 Å². The third-order valence-electron chi connectivity index (χ3n) is 5.91. The summed E-state index contributed by atoms with van der Waals surface area (Å²) in [6.07, 6.45) is 10.2. The predicted molar refractivity (Wildman–Crippen MR) is 102 cm³/mol. The van der Waals surface area contributed by atoms with Gasteiger partial charge in [-0.05, 0) is 78.9 Å². The minimum Gasteiger partial charge on any atom is -0.504 e. The van der Waals surface area contributed by atoms with E-state index in [1.165, 1.54) is 26.4 Å². The molecule has 132 valence electrons. The molecule has 0 spiro atoms. The summed E-state index contributed by atoms with van der Waals surface area (Å²) in [5, 5.41) is 17.8. The number of rotatable bonds is 4. The second-order valence-electron chi connectivity index (χ2n) is 7.18. The molecule has 25 heavy (non-hydrogen) atoms. The highest BCUT2D eigenvalue weighted by atomic mass is 32.1. The summed E-state index contributed by atoms with van der Waals surface area (Å²) in [4.78, 5) is 0. The van der Waals surface area contributed by atoms with Crippen LogP contribution in [0.3, 0.4) is 0 Å². The number of allylic oxidation sites excluding steroid dienone is 2. The van der Waals surface area contributed by atoms with E-state index in [-0.39, 0.29) is 5.75 Å². The van der Waals surface area contributed by atoms with Crippen molar-refractivity contribution in [3.63, 3.8) is 0 Å². The number of thiocarbonyl (C=S) groups is 1. The Hall–Kier alpha value is -2.08. The zero-order chi connectivity index (χ0) is 17.4. The molecule has 5 atom stereocenters. The van der Waals surface area contributed by atoms with Gasteiger partial charge in [-0.2, -0.15) is 5.10 Å². The lowest BCUT2D eigenvalue weighted by Gasteiger charge is -2.32. The van der Waals surface area contributed by atoms with Crippen LogP contribution in [0.5, 0.6) is 11.5 Å². The highest BCUT2D eigenvalue weighted by Crippen LogP contribution is 2.56. The van der Waals surface area contributed by atoms with E-state index in [0.717, 1.165) is 23.3 Å². The first-order valence-corrected chi connectivity index (χ1v) is 9.20. The minimum atomic E-state index is 0.111. The van der Waals surface area contributed by atoms with E-state index in [0.29, 0.717) is 22.8 Å². The van der Waals surface area contributed by atoms with Crippen LogP contribution in [0.4, 0.5) is 0 Å². The number of fused-ring (bicyclic) bond motifs is 5. The maximum Gasteiger partial charge on any atom is 0.187 e. The monoisotopic (exact) mass is 357 g/mol. The number of hydrazone groups is 1. The molecule has 0 aromatic heterocycles. The summed E-state index contributed by atoms with van der Waals surface area (Å²) < 4.78 is 5.09. The van der Waals surface area contributed by atoms with Crippen LogP contribution >= 0.6 is 12.2 Å². The van der Waals surface area contributed by atoms with E-state index >= 15 is 0 Å². The van der Waals surface area contributed by atoms with Gasteiger partial charge in [0, 0.05) is 6.04 Å². The quantitative estimate of drug-likeness (QED) is 0.335. The van der Waals surface area contributed by atoms with Crippen molar-refractivity contribution in [3.05, 3.63) is 35.9 Å². The van der Waals surface area contributed by atoms with Crippen molar-refractivity contribution in [3.8, 4) is 11.5 Å². The van der Waals surface area contributed by atoms with Gasteiger partial charge in [0.25, 0.3) is 0 Å². The summed E-state index contributed by atoms with van der Waals surface area (Å²) in [6, 6.07) is 5.52. The number of phenolic OH excluding ortho intramolecular Hbond substituents is 1. The summed E-state index contributed by atoms with van der Waals surface area (Å²) >= 11 is 5.39. The number of benzene rings is 1. The molecule has 0 aliphatic heterocycles. The molecule has 1 aromatic rings. The lowest BCUT2D eigenvalue weighted by Crippen LogP contribution is -2.45. The van der Waals surface area contributed by atoms with Crippen molar-refractivity contribution >= 4 is 23.5 Å². The lowest BCUT2D eigenvalue weighted by atomic mass is 9.79. The van der Waals surface area contributed by atoms with Crippen molar-refractivity contribution in [1.29, 1.82) is 0 Å². The summed E-state index contributed by atoms with van der Waals surface area (Å²) in [5.74, 6) is 3.71. The number of methoxy groups -OCH3 is 1. The third-order valence-corrected chi connectivity index (χ3v) is 6.12. The van der Waals surface area contributed by atoms with Gasteiger partial charge in [-0.3, -0.25) is 5.43 Å². The SMILES string of the molecule is COc1cc(/C=N/NC(=S)N[C@H]2C[C@@H]3C[C@H]2[C@H]2C=CC[C@H]32)ccc1O. The van der Waals surface area contributed by atoms with Gasteiger partial charge in [0.15, 0.2) is 16.6 Å². The molecule has 0 saturated heterocycles. The Kier molecular flexibility index (Phi) is 4.37. The second kappa shape index (κ2) is 6.67. The molecular formula is C19H23N3O2S. The molecule has 4 rings (SSSR count). The van der Waals surface area contributed by atoms with Crippen LogP contribution in [0.15, 0.2) is 35.5 Å². The van der Waals surface area contributed by atoms with Crippen LogP contribution in [0.2, 0.25) is 0 Å². The Morgan fingerprint density at radius 3 is 3.08 bits per heavy atom. The van der Waals surface area contributed by atoms with Gasteiger partial charge < -0.3 is 15.2 Å². The second-order valence-corrected chi connectivity index (χ2v) is 7.59. The first kappa shape index (κ1) is 16.4. The fraction of sp³-hybridized carbons (Fsp3) is 0.474. The Morgan fingerprint density at radius 2 is 2.24 bits per heavy atom. The van der Waals surface area contributed by atoms with Crippen LogP contribution in [-0.4, -0.2) is 29.6 Å². The van der Waals surface area contributed by atoms with Crippen molar-refractivity contribution in [1.82, 2.24) is 10.7 Å². The van der Waals surface area contributed by atoms with Crippen molar-refractivity contribution < 1.29 is 9.84 Å². The van der Waals surface area contributed by atoms with E-state index in [4.69, 9.17) is 17.0 Å². The number of ether oxygens (including phenoxy) is 1. The first-order valence-electron chi connectivity index (χ1n) is 8.79. The van der Waals surface area contributed by atoms with Crippen LogP contribution in [0.1, 0.15) is 24.8 Å². The molecule has 0 heterocycles. The Bertz CT molecular complexity index is 733. The summed E-state index contributed by atoms with van der Waals surface area (Å²) in [7, 11) is 1.52. The molecule has 6 heteroatoms. The summed E-state index contributed by atoms with van der Waals surface area (Å²) in [5.41, 5.74) is 3.72. The number of phenols is 1. The van der Waals surface area contributed by atoms with Crippen LogP contribution in [0.25, 0.3) is 0 Å². The molecule has 2 saturated carbocycles. The molecule has 0 unspecified atom stereocenters. The highest BCUT2D eigenvalue weighted by Gasteiger charge is 2.52.